The van der Waals surface area contributed by atoms with Gasteiger partial charge in [0.2, 0.25) is 12.2 Å². The molecule has 1 aliphatic rings. The van der Waals surface area contributed by atoms with E-state index in [9.17, 15) is 9.50 Å². The van der Waals surface area contributed by atoms with Crippen LogP contribution in [0.2, 0.25) is 0 Å². The van der Waals surface area contributed by atoms with E-state index in [1.807, 2.05) is 21.0 Å². The van der Waals surface area contributed by atoms with Crippen LogP contribution in [-0.2, 0) is 9.47 Å². The smallest absolute Gasteiger partial charge is 0.225 e. The number of nitrogens with one attached hydrogen (secondary N) is 1. The molecule has 0 radical (unpaired) electrons. The number of aliphatic hydroxyl groups is 1. The van der Waals surface area contributed by atoms with Crippen molar-refractivity contribution in [1.82, 2.24) is 19.9 Å². The van der Waals surface area contributed by atoms with Crippen LogP contribution in [0.4, 0.5) is 10.3 Å². The molecule has 1 aromatic carbocycles. The maximum Gasteiger partial charge on any atom is 0.225 e. The Hall–Kier alpha value is -2.88. The number of H-pyrrole nitrogens is 1. The molecule has 0 spiro atoms. The van der Waals surface area contributed by atoms with Crippen LogP contribution in [0.3, 0.4) is 0 Å². The van der Waals surface area contributed by atoms with Gasteiger partial charge in [-0.15, -0.1) is 0 Å². The van der Waals surface area contributed by atoms with Crippen molar-refractivity contribution in [2.75, 3.05) is 38.8 Å². The van der Waals surface area contributed by atoms with Crippen molar-refractivity contribution < 1.29 is 19.0 Å². The summed E-state index contributed by atoms with van der Waals surface area (Å²) in [5, 5.41) is 9.51. The van der Waals surface area contributed by atoms with Gasteiger partial charge in [-0.05, 0) is 30.3 Å². The zero-order valence-electron chi connectivity index (χ0n) is 17.1. The van der Waals surface area contributed by atoms with Gasteiger partial charge >= 0.3 is 0 Å². The van der Waals surface area contributed by atoms with E-state index in [2.05, 4.69) is 15.0 Å². The van der Waals surface area contributed by atoms with Crippen molar-refractivity contribution in [1.29, 1.82) is 0 Å². The summed E-state index contributed by atoms with van der Waals surface area (Å²) in [7, 11) is 3.72. The minimum Gasteiger partial charge on any atom is -0.396 e. The third-order valence-corrected chi connectivity index (χ3v) is 4.91. The quantitative estimate of drug-likeness (QED) is 0.664. The highest BCUT2D eigenvalue weighted by Gasteiger charge is 2.34. The number of aromatic nitrogens is 4. The summed E-state index contributed by atoms with van der Waals surface area (Å²) in [6.07, 6.45) is 0.972. The highest BCUT2D eigenvalue weighted by molar-refractivity contribution is 5.77. The maximum absolute atomic E-state index is 13.5. The number of benzene rings is 1. The molecule has 0 unspecified atom stereocenters. The number of hydrogen-bond donors (Lipinski definition) is 2. The van der Waals surface area contributed by atoms with E-state index < -0.39 is 11.7 Å². The zero-order valence-corrected chi connectivity index (χ0v) is 17.1. The number of ether oxygens (including phenoxy) is 2. The minimum atomic E-state index is -0.701. The number of aliphatic hydroxyl groups excluding tert-OH is 1. The summed E-state index contributed by atoms with van der Waals surface area (Å²) >= 11 is 0. The topological polar surface area (TPSA) is 96.4 Å². The number of nitrogens with zero attached hydrogens (tertiary/aromatic N) is 4. The van der Waals surface area contributed by atoms with Crippen LogP contribution in [0.25, 0.3) is 22.6 Å². The predicted octanol–water partition coefficient (Wildman–Crippen LogP) is 2.78. The molecule has 3 aromatic rings. The van der Waals surface area contributed by atoms with Crippen LogP contribution in [0.1, 0.15) is 19.0 Å². The Morgan fingerprint density at radius 2 is 1.87 bits per heavy atom. The second-order valence-electron chi connectivity index (χ2n) is 7.91. The molecule has 1 saturated heterocycles. The Kier molecular flexibility index (Phi) is 5.50. The Morgan fingerprint density at radius 3 is 2.50 bits per heavy atom. The fraction of sp³-hybridized carbons (Fsp3) is 0.381. The molecular weight excluding hydrogens is 389 g/mol. The predicted molar refractivity (Wildman–Crippen MR) is 109 cm³/mol. The largest absolute Gasteiger partial charge is 0.396 e. The highest BCUT2D eigenvalue weighted by Crippen LogP contribution is 2.35. The van der Waals surface area contributed by atoms with E-state index in [4.69, 9.17) is 14.5 Å². The number of imidazole rings is 1. The number of rotatable bonds is 5. The van der Waals surface area contributed by atoms with Crippen LogP contribution in [-0.4, -0.2) is 59.0 Å². The summed E-state index contributed by atoms with van der Waals surface area (Å²) in [4.78, 5) is 18.6. The van der Waals surface area contributed by atoms with Gasteiger partial charge in [-0.25, -0.2) is 19.3 Å². The third kappa shape index (κ3) is 4.04. The van der Waals surface area contributed by atoms with Crippen LogP contribution in [0, 0.1) is 11.2 Å². The molecule has 9 heteroatoms. The summed E-state index contributed by atoms with van der Waals surface area (Å²) < 4.78 is 25.1. The van der Waals surface area contributed by atoms with Gasteiger partial charge in [0, 0.05) is 31.3 Å². The maximum atomic E-state index is 13.5. The second-order valence-corrected chi connectivity index (χ2v) is 7.91. The molecule has 30 heavy (non-hydrogen) atoms. The summed E-state index contributed by atoms with van der Waals surface area (Å²) in [6.45, 7) is 2.55. The van der Waals surface area contributed by atoms with Gasteiger partial charge in [0.05, 0.1) is 36.9 Å². The number of hydrogen-bond acceptors (Lipinski definition) is 7. The summed E-state index contributed by atoms with van der Waals surface area (Å²) in [6, 6.07) is 7.89. The standard InChI is InChI=1S/C21H24FN5O3/c1-21(10-28)11-29-19(30-12-21)18-25-16(13-4-6-14(22)7-5-13)17(26-18)15-8-9-23-20(24-15)27(2)3/h4-9,19,28H,10-12H2,1-3H3,(H,25,26). The lowest BCUT2D eigenvalue weighted by atomic mass is 9.94. The molecule has 1 aliphatic heterocycles. The molecular formula is C21H24FN5O3. The third-order valence-electron chi connectivity index (χ3n) is 4.91. The van der Waals surface area contributed by atoms with E-state index in [1.54, 1.807) is 29.3 Å². The van der Waals surface area contributed by atoms with Crippen molar-refractivity contribution in [3.8, 4) is 22.6 Å². The monoisotopic (exact) mass is 413 g/mol. The fourth-order valence-corrected chi connectivity index (χ4v) is 3.10. The van der Waals surface area contributed by atoms with Gasteiger partial charge in [-0.2, -0.15) is 0 Å². The molecule has 1 fully saturated rings. The fourth-order valence-electron chi connectivity index (χ4n) is 3.10. The van der Waals surface area contributed by atoms with Gasteiger partial charge in [0.15, 0.2) is 5.82 Å². The van der Waals surface area contributed by atoms with Gasteiger partial charge in [0.1, 0.15) is 5.82 Å². The first-order chi connectivity index (χ1) is 14.4. The molecule has 4 rings (SSSR count). The average molecular weight is 413 g/mol. The highest BCUT2D eigenvalue weighted by atomic mass is 19.1. The average Bonchev–Trinajstić information content (AvgIpc) is 3.20. The number of anilines is 1. The molecule has 0 atom stereocenters. The summed E-state index contributed by atoms with van der Waals surface area (Å²) in [5.41, 5.74) is 2.19. The Bertz CT molecular complexity index is 1010. The van der Waals surface area contributed by atoms with Crippen molar-refractivity contribution in [3.05, 3.63) is 48.2 Å². The van der Waals surface area contributed by atoms with Crippen LogP contribution in [0.15, 0.2) is 36.5 Å². The lowest BCUT2D eigenvalue weighted by Gasteiger charge is -2.35. The molecule has 0 bridgehead atoms. The van der Waals surface area contributed by atoms with E-state index in [0.29, 0.717) is 42.1 Å². The molecule has 0 saturated carbocycles. The summed E-state index contributed by atoms with van der Waals surface area (Å²) in [5.74, 6) is 0.710. The van der Waals surface area contributed by atoms with E-state index in [0.717, 1.165) is 5.56 Å². The first kappa shape index (κ1) is 20.4. The first-order valence-corrected chi connectivity index (χ1v) is 9.59. The van der Waals surface area contributed by atoms with Crippen molar-refractivity contribution in [2.24, 2.45) is 5.41 Å². The van der Waals surface area contributed by atoms with Gasteiger partial charge in [-0.3, -0.25) is 0 Å². The van der Waals surface area contributed by atoms with Gasteiger partial charge < -0.3 is 24.5 Å². The van der Waals surface area contributed by atoms with E-state index >= 15 is 0 Å². The molecule has 158 valence electrons. The Labute approximate surface area is 173 Å². The molecule has 3 heterocycles. The van der Waals surface area contributed by atoms with Crippen molar-refractivity contribution >= 4 is 5.95 Å². The van der Waals surface area contributed by atoms with E-state index in [1.165, 1.54) is 12.1 Å². The zero-order chi connectivity index (χ0) is 21.3. The minimum absolute atomic E-state index is 0.0296. The first-order valence-electron chi connectivity index (χ1n) is 9.59. The lowest BCUT2D eigenvalue weighted by Crippen LogP contribution is -2.39. The van der Waals surface area contributed by atoms with Crippen LogP contribution < -0.4 is 4.90 Å². The SMILES string of the molecule is CN(C)c1nccc(-c2[nH]c(C3OCC(C)(CO)CO3)nc2-c2ccc(F)cc2)n1. The molecule has 8 nitrogen and oxygen atoms in total. The molecule has 0 aliphatic carbocycles. The van der Waals surface area contributed by atoms with Crippen molar-refractivity contribution in [2.45, 2.75) is 13.2 Å². The van der Waals surface area contributed by atoms with E-state index in [-0.39, 0.29) is 12.4 Å². The normalized spacial score (nSPS) is 21.6. The lowest BCUT2D eigenvalue weighted by molar-refractivity contribution is -0.239. The molecule has 2 N–H and O–H groups in total. The van der Waals surface area contributed by atoms with Crippen LogP contribution in [0.5, 0.6) is 0 Å². The number of aromatic amines is 1. The Balaban J connectivity index is 1.75. The van der Waals surface area contributed by atoms with Gasteiger partial charge in [-0.1, -0.05) is 6.92 Å². The molecule has 0 amide bonds. The molecule has 2 aromatic heterocycles. The number of halogens is 1. The second kappa shape index (κ2) is 8.10. The van der Waals surface area contributed by atoms with Crippen molar-refractivity contribution in [3.63, 3.8) is 0 Å². The van der Waals surface area contributed by atoms with Crippen LogP contribution >= 0.6 is 0 Å². The van der Waals surface area contributed by atoms with Gasteiger partial charge in [0.25, 0.3) is 0 Å². The Morgan fingerprint density at radius 1 is 1.17 bits per heavy atom.